The van der Waals surface area contributed by atoms with E-state index in [0.717, 1.165) is 30.2 Å². The zero-order chi connectivity index (χ0) is 9.38. The molecule has 2 bridgehead atoms. The molecule has 2 aliphatic rings. The van der Waals surface area contributed by atoms with Gasteiger partial charge in [0.2, 0.25) is 0 Å². The first-order valence-electron chi connectivity index (χ1n) is 5.55. The molecule has 0 amide bonds. The highest BCUT2D eigenvalue weighted by molar-refractivity contribution is 4.97. The van der Waals surface area contributed by atoms with Gasteiger partial charge in [-0.05, 0) is 31.1 Å². The van der Waals surface area contributed by atoms with E-state index in [9.17, 15) is 0 Å². The summed E-state index contributed by atoms with van der Waals surface area (Å²) in [6, 6.07) is 2.67. The summed E-state index contributed by atoms with van der Waals surface area (Å²) in [6.45, 7) is 0.841. The van der Waals surface area contributed by atoms with Gasteiger partial charge in [0.25, 0.3) is 0 Å². The molecule has 0 saturated heterocycles. The molecule has 0 radical (unpaired) electrons. The van der Waals surface area contributed by atoms with Crippen molar-refractivity contribution in [1.82, 2.24) is 10.5 Å². The number of hydrogen-bond acceptors (Lipinski definition) is 3. The van der Waals surface area contributed by atoms with Crippen LogP contribution in [-0.2, 0) is 6.54 Å². The van der Waals surface area contributed by atoms with Crippen LogP contribution in [0.15, 0.2) is 16.8 Å². The first-order valence-corrected chi connectivity index (χ1v) is 5.55. The van der Waals surface area contributed by atoms with E-state index in [0.29, 0.717) is 0 Å². The van der Waals surface area contributed by atoms with Gasteiger partial charge < -0.3 is 9.84 Å². The Morgan fingerprint density at radius 2 is 2.43 bits per heavy atom. The smallest absolute Gasteiger partial charge is 0.150 e. The van der Waals surface area contributed by atoms with Crippen molar-refractivity contribution < 1.29 is 4.52 Å². The third kappa shape index (κ3) is 1.46. The Balaban J connectivity index is 1.54. The summed E-state index contributed by atoms with van der Waals surface area (Å²) >= 11 is 0. The molecule has 3 rings (SSSR count). The van der Waals surface area contributed by atoms with Gasteiger partial charge in [-0.3, -0.25) is 0 Å². The average molecular weight is 192 g/mol. The van der Waals surface area contributed by atoms with Crippen molar-refractivity contribution >= 4 is 0 Å². The summed E-state index contributed by atoms with van der Waals surface area (Å²) in [5, 5.41) is 7.28. The molecule has 1 aromatic heterocycles. The van der Waals surface area contributed by atoms with Gasteiger partial charge in [-0.1, -0.05) is 11.6 Å². The topological polar surface area (TPSA) is 38.1 Å². The predicted octanol–water partition coefficient (Wildman–Crippen LogP) is 1.95. The van der Waals surface area contributed by atoms with Gasteiger partial charge in [0.05, 0.1) is 12.7 Å². The van der Waals surface area contributed by atoms with Crippen LogP contribution in [0.25, 0.3) is 0 Å². The molecular formula is C11H16N2O. The van der Waals surface area contributed by atoms with E-state index in [-0.39, 0.29) is 0 Å². The van der Waals surface area contributed by atoms with Gasteiger partial charge in [0.1, 0.15) is 5.76 Å². The van der Waals surface area contributed by atoms with Gasteiger partial charge in [-0.25, -0.2) is 0 Å². The fourth-order valence-electron chi connectivity index (χ4n) is 3.06. The van der Waals surface area contributed by atoms with Gasteiger partial charge >= 0.3 is 0 Å². The van der Waals surface area contributed by atoms with E-state index in [1.54, 1.807) is 6.20 Å². The average Bonchev–Trinajstić information content (AvgIpc) is 2.91. The molecule has 1 aromatic rings. The van der Waals surface area contributed by atoms with E-state index in [2.05, 4.69) is 10.5 Å². The van der Waals surface area contributed by atoms with Crippen molar-refractivity contribution in [1.29, 1.82) is 0 Å². The summed E-state index contributed by atoms with van der Waals surface area (Å²) in [5.41, 5.74) is 0. The third-order valence-corrected chi connectivity index (χ3v) is 3.77. The normalized spacial score (nSPS) is 35.3. The van der Waals surface area contributed by atoms with Crippen molar-refractivity contribution in [3.05, 3.63) is 18.0 Å². The van der Waals surface area contributed by atoms with Crippen LogP contribution >= 0.6 is 0 Å². The molecule has 0 aromatic carbocycles. The highest BCUT2D eigenvalue weighted by Crippen LogP contribution is 2.44. The minimum atomic E-state index is 0.735. The third-order valence-electron chi connectivity index (χ3n) is 3.77. The van der Waals surface area contributed by atoms with Crippen molar-refractivity contribution in [3.8, 4) is 0 Å². The predicted molar refractivity (Wildman–Crippen MR) is 52.6 cm³/mol. The van der Waals surface area contributed by atoms with Crippen LogP contribution in [0.3, 0.4) is 0 Å². The molecule has 2 saturated carbocycles. The second-order valence-corrected chi connectivity index (χ2v) is 4.64. The molecular weight excluding hydrogens is 176 g/mol. The first-order chi connectivity index (χ1) is 6.92. The maximum absolute atomic E-state index is 5.06. The van der Waals surface area contributed by atoms with E-state index in [1.807, 2.05) is 6.07 Å². The lowest BCUT2D eigenvalue weighted by molar-refractivity contribution is 0.319. The van der Waals surface area contributed by atoms with E-state index in [4.69, 9.17) is 4.52 Å². The molecule has 3 nitrogen and oxygen atoms in total. The Morgan fingerprint density at radius 1 is 1.43 bits per heavy atom. The Bertz CT molecular complexity index is 296. The monoisotopic (exact) mass is 192 g/mol. The van der Waals surface area contributed by atoms with Crippen molar-refractivity contribution in [2.45, 2.75) is 38.3 Å². The van der Waals surface area contributed by atoms with Gasteiger partial charge in [0, 0.05) is 12.1 Å². The molecule has 3 unspecified atom stereocenters. The van der Waals surface area contributed by atoms with Crippen LogP contribution in [0.2, 0.25) is 0 Å². The number of nitrogens with one attached hydrogen (secondary N) is 1. The van der Waals surface area contributed by atoms with Gasteiger partial charge in [0.15, 0.2) is 0 Å². The fraction of sp³-hybridized carbons (Fsp3) is 0.727. The number of aromatic nitrogens is 1. The molecule has 76 valence electrons. The molecule has 0 spiro atoms. The standard InChI is InChI=1S/C11H16N2O/c1-2-9-5-8(1)6-11(9)12-7-10-3-4-13-14-10/h3-4,8-9,11-12H,1-2,5-7H2. The van der Waals surface area contributed by atoms with Crippen molar-refractivity contribution in [2.24, 2.45) is 11.8 Å². The molecule has 14 heavy (non-hydrogen) atoms. The van der Waals surface area contributed by atoms with Crippen LogP contribution in [0, 0.1) is 11.8 Å². The molecule has 1 heterocycles. The maximum Gasteiger partial charge on any atom is 0.150 e. The quantitative estimate of drug-likeness (QED) is 0.795. The number of rotatable bonds is 3. The first kappa shape index (κ1) is 8.48. The lowest BCUT2D eigenvalue weighted by Crippen LogP contribution is -2.33. The molecule has 0 aliphatic heterocycles. The van der Waals surface area contributed by atoms with Crippen LogP contribution in [0.4, 0.5) is 0 Å². The van der Waals surface area contributed by atoms with Crippen LogP contribution in [-0.4, -0.2) is 11.2 Å². The SMILES string of the molecule is c1cc(CNC2CC3CCC2C3)on1. The fourth-order valence-corrected chi connectivity index (χ4v) is 3.06. The minimum Gasteiger partial charge on any atom is -0.360 e. The van der Waals surface area contributed by atoms with E-state index in [1.165, 1.54) is 25.7 Å². The van der Waals surface area contributed by atoms with Crippen molar-refractivity contribution in [2.75, 3.05) is 0 Å². The summed E-state index contributed by atoms with van der Waals surface area (Å²) < 4.78 is 5.06. The zero-order valence-electron chi connectivity index (χ0n) is 8.28. The lowest BCUT2D eigenvalue weighted by Gasteiger charge is -2.22. The van der Waals surface area contributed by atoms with Gasteiger partial charge in [-0.2, -0.15) is 0 Å². The Hall–Kier alpha value is -0.830. The summed E-state index contributed by atoms with van der Waals surface area (Å²) in [5.74, 6) is 2.89. The summed E-state index contributed by atoms with van der Waals surface area (Å²) in [7, 11) is 0. The highest BCUT2D eigenvalue weighted by Gasteiger charge is 2.39. The van der Waals surface area contributed by atoms with Crippen LogP contribution in [0.5, 0.6) is 0 Å². The molecule has 3 atom stereocenters. The number of hydrogen-bond donors (Lipinski definition) is 1. The summed E-state index contributed by atoms with van der Waals surface area (Å²) in [4.78, 5) is 0. The van der Waals surface area contributed by atoms with Crippen molar-refractivity contribution in [3.63, 3.8) is 0 Å². The molecule has 1 N–H and O–H groups in total. The Morgan fingerprint density at radius 3 is 3.07 bits per heavy atom. The number of fused-ring (bicyclic) bond motifs is 2. The lowest BCUT2D eigenvalue weighted by atomic mass is 9.95. The molecule has 3 heteroatoms. The second-order valence-electron chi connectivity index (χ2n) is 4.64. The van der Waals surface area contributed by atoms with Crippen LogP contribution < -0.4 is 5.32 Å². The van der Waals surface area contributed by atoms with Gasteiger partial charge in [-0.15, -0.1) is 0 Å². The highest BCUT2D eigenvalue weighted by atomic mass is 16.5. The van der Waals surface area contributed by atoms with E-state index >= 15 is 0 Å². The molecule has 2 fully saturated rings. The second kappa shape index (κ2) is 3.39. The largest absolute Gasteiger partial charge is 0.360 e. The zero-order valence-corrected chi connectivity index (χ0v) is 8.28. The number of nitrogens with zero attached hydrogens (tertiary/aromatic N) is 1. The minimum absolute atomic E-state index is 0.735. The Labute approximate surface area is 83.9 Å². The van der Waals surface area contributed by atoms with E-state index < -0.39 is 0 Å². The summed E-state index contributed by atoms with van der Waals surface area (Å²) in [6.07, 6.45) is 7.43. The van der Waals surface area contributed by atoms with Crippen LogP contribution in [0.1, 0.15) is 31.4 Å². The maximum atomic E-state index is 5.06. The molecule has 2 aliphatic carbocycles. The Kier molecular flexibility index (Phi) is 2.05.